The van der Waals surface area contributed by atoms with E-state index < -0.39 is 0 Å². The summed E-state index contributed by atoms with van der Waals surface area (Å²) < 4.78 is 2.07. The van der Waals surface area contributed by atoms with E-state index in [1.54, 1.807) is 0 Å². The lowest BCUT2D eigenvalue weighted by Crippen LogP contribution is -2.21. The van der Waals surface area contributed by atoms with Crippen molar-refractivity contribution in [1.82, 2.24) is 0 Å². The van der Waals surface area contributed by atoms with Gasteiger partial charge in [-0.15, -0.1) is 0 Å². The third kappa shape index (κ3) is 3.59. The van der Waals surface area contributed by atoms with Crippen molar-refractivity contribution in [1.29, 1.82) is 0 Å². The maximum Gasteiger partial charge on any atom is 0.106 e. The van der Waals surface area contributed by atoms with Crippen LogP contribution in [0.15, 0.2) is 51.4 Å². The molecular weight excluding hydrogens is 400 g/mol. The fourth-order valence-corrected chi connectivity index (χ4v) is 2.94. The summed E-state index contributed by atoms with van der Waals surface area (Å²) in [6.45, 7) is 0.776. The molecule has 0 heterocycles. The third-order valence-corrected chi connectivity index (χ3v) is 4.49. The number of hydrogen-bond acceptors (Lipinski definition) is 2. The van der Waals surface area contributed by atoms with Crippen molar-refractivity contribution >= 4 is 54.8 Å². The van der Waals surface area contributed by atoms with E-state index in [4.69, 9.17) is 18.0 Å². The molecule has 0 atom stereocenters. The van der Waals surface area contributed by atoms with Crippen molar-refractivity contribution in [3.8, 4) is 0 Å². The molecule has 2 nitrogen and oxygen atoms in total. The van der Waals surface area contributed by atoms with Crippen molar-refractivity contribution in [2.24, 2.45) is 5.73 Å². The van der Waals surface area contributed by atoms with Crippen LogP contribution in [-0.4, -0.2) is 12.0 Å². The van der Waals surface area contributed by atoms with Crippen molar-refractivity contribution in [3.05, 3.63) is 62.5 Å². The standard InChI is InChI=1S/C15H14Br2N2S/c1-19(9-10-4-2-3-5-13(10)17)14-7-6-11(16)8-12(14)15(18)20/h2-8H,9H2,1H3,(H2,18,20). The number of thiocarbonyl (C=S) groups is 1. The Bertz CT molecular complexity index is 644. The summed E-state index contributed by atoms with van der Waals surface area (Å²) in [4.78, 5) is 2.54. The van der Waals surface area contributed by atoms with Gasteiger partial charge >= 0.3 is 0 Å². The van der Waals surface area contributed by atoms with Crippen LogP contribution in [0.3, 0.4) is 0 Å². The van der Waals surface area contributed by atoms with Crippen LogP contribution < -0.4 is 10.6 Å². The molecule has 0 aliphatic heterocycles. The van der Waals surface area contributed by atoms with Crippen LogP contribution >= 0.6 is 44.1 Å². The van der Waals surface area contributed by atoms with Gasteiger partial charge in [-0.3, -0.25) is 0 Å². The smallest absolute Gasteiger partial charge is 0.106 e. The van der Waals surface area contributed by atoms with Crippen LogP contribution in [0.1, 0.15) is 11.1 Å². The zero-order chi connectivity index (χ0) is 14.7. The summed E-state index contributed by atoms with van der Waals surface area (Å²) in [5, 5.41) is 0. The molecule has 104 valence electrons. The maximum absolute atomic E-state index is 5.82. The van der Waals surface area contributed by atoms with E-state index >= 15 is 0 Å². The molecule has 0 aromatic heterocycles. The van der Waals surface area contributed by atoms with Gasteiger partial charge in [0.25, 0.3) is 0 Å². The van der Waals surface area contributed by atoms with E-state index in [0.717, 1.165) is 26.7 Å². The summed E-state index contributed by atoms with van der Waals surface area (Å²) >= 11 is 12.2. The Balaban J connectivity index is 2.32. The summed E-state index contributed by atoms with van der Waals surface area (Å²) in [7, 11) is 2.03. The van der Waals surface area contributed by atoms with Crippen LogP contribution in [0, 0.1) is 0 Å². The number of rotatable bonds is 4. The van der Waals surface area contributed by atoms with Crippen molar-refractivity contribution < 1.29 is 0 Å². The quantitative estimate of drug-likeness (QED) is 0.749. The second-order valence-corrected chi connectivity index (χ2v) is 6.68. The van der Waals surface area contributed by atoms with Crippen LogP contribution in [0.4, 0.5) is 5.69 Å². The van der Waals surface area contributed by atoms with Crippen molar-refractivity contribution in [3.63, 3.8) is 0 Å². The third-order valence-electron chi connectivity index (χ3n) is 3.00. The van der Waals surface area contributed by atoms with Gasteiger partial charge in [0.05, 0.1) is 0 Å². The fraction of sp³-hybridized carbons (Fsp3) is 0.133. The SMILES string of the molecule is CN(Cc1ccccc1Br)c1ccc(Br)cc1C(N)=S. The molecule has 0 saturated carbocycles. The Morgan fingerprint density at radius 3 is 2.55 bits per heavy atom. The lowest BCUT2D eigenvalue weighted by molar-refractivity contribution is 0.917. The van der Waals surface area contributed by atoms with E-state index in [0.29, 0.717) is 4.99 Å². The Kier molecular flexibility index (Phi) is 5.18. The van der Waals surface area contributed by atoms with Crippen LogP contribution in [-0.2, 0) is 6.54 Å². The van der Waals surface area contributed by atoms with Gasteiger partial charge < -0.3 is 10.6 Å². The number of hydrogen-bond donors (Lipinski definition) is 1. The van der Waals surface area contributed by atoms with E-state index in [9.17, 15) is 0 Å². The molecule has 2 aromatic rings. The Morgan fingerprint density at radius 2 is 1.90 bits per heavy atom. The van der Waals surface area contributed by atoms with Gasteiger partial charge in [-0.2, -0.15) is 0 Å². The second-order valence-electron chi connectivity index (χ2n) is 4.47. The molecule has 20 heavy (non-hydrogen) atoms. The molecule has 0 aliphatic rings. The van der Waals surface area contributed by atoms with Crippen LogP contribution in [0.2, 0.25) is 0 Å². The monoisotopic (exact) mass is 412 g/mol. The lowest BCUT2D eigenvalue weighted by atomic mass is 10.1. The van der Waals surface area contributed by atoms with Gasteiger partial charge in [0.2, 0.25) is 0 Å². The van der Waals surface area contributed by atoms with Gasteiger partial charge in [0, 0.05) is 33.8 Å². The first-order valence-electron chi connectivity index (χ1n) is 6.03. The first-order chi connectivity index (χ1) is 9.49. The fourth-order valence-electron chi connectivity index (χ4n) is 2.01. The highest BCUT2D eigenvalue weighted by molar-refractivity contribution is 9.10. The van der Waals surface area contributed by atoms with Crippen LogP contribution in [0.5, 0.6) is 0 Å². The molecular formula is C15H14Br2N2S. The number of benzene rings is 2. The summed E-state index contributed by atoms with van der Waals surface area (Å²) in [5.41, 5.74) is 8.94. The van der Waals surface area contributed by atoms with Gasteiger partial charge in [0.1, 0.15) is 4.99 Å². The molecule has 0 spiro atoms. The molecule has 0 aliphatic carbocycles. The molecule has 0 amide bonds. The number of nitrogens with zero attached hydrogens (tertiary/aromatic N) is 1. The number of anilines is 1. The summed E-state index contributed by atoms with van der Waals surface area (Å²) in [6.07, 6.45) is 0. The zero-order valence-electron chi connectivity index (χ0n) is 10.9. The molecule has 0 saturated heterocycles. The summed E-state index contributed by atoms with van der Waals surface area (Å²) in [6, 6.07) is 14.1. The first kappa shape index (κ1) is 15.5. The predicted molar refractivity (Wildman–Crippen MR) is 96.3 cm³/mol. The van der Waals surface area contributed by atoms with Crippen molar-refractivity contribution in [2.45, 2.75) is 6.54 Å². The molecule has 0 unspecified atom stereocenters. The highest BCUT2D eigenvalue weighted by Gasteiger charge is 2.11. The lowest BCUT2D eigenvalue weighted by Gasteiger charge is -2.23. The number of halogens is 2. The number of nitrogens with two attached hydrogens (primary N) is 1. The van der Waals surface area contributed by atoms with Gasteiger partial charge in [-0.25, -0.2) is 0 Å². The van der Waals surface area contributed by atoms with E-state index in [1.807, 2.05) is 43.4 Å². The molecule has 0 fully saturated rings. The molecule has 2 aromatic carbocycles. The summed E-state index contributed by atoms with van der Waals surface area (Å²) in [5.74, 6) is 0. The molecule has 2 N–H and O–H groups in total. The second kappa shape index (κ2) is 6.70. The van der Waals surface area contributed by atoms with E-state index in [-0.39, 0.29) is 0 Å². The zero-order valence-corrected chi connectivity index (χ0v) is 14.9. The molecule has 2 rings (SSSR count). The van der Waals surface area contributed by atoms with Crippen LogP contribution in [0.25, 0.3) is 0 Å². The average molecular weight is 414 g/mol. The van der Waals surface area contributed by atoms with Gasteiger partial charge in [-0.1, -0.05) is 62.3 Å². The Hall–Kier alpha value is -0.910. The molecule has 5 heteroatoms. The topological polar surface area (TPSA) is 29.3 Å². The largest absolute Gasteiger partial charge is 0.389 e. The van der Waals surface area contributed by atoms with Crippen molar-refractivity contribution in [2.75, 3.05) is 11.9 Å². The molecule has 0 bridgehead atoms. The average Bonchev–Trinajstić information content (AvgIpc) is 2.41. The minimum atomic E-state index is 0.403. The minimum absolute atomic E-state index is 0.403. The predicted octanol–water partition coefficient (Wildman–Crippen LogP) is 4.48. The molecule has 0 radical (unpaired) electrons. The maximum atomic E-state index is 5.82. The van der Waals surface area contributed by atoms with E-state index in [1.165, 1.54) is 5.56 Å². The minimum Gasteiger partial charge on any atom is -0.389 e. The van der Waals surface area contributed by atoms with Gasteiger partial charge in [-0.05, 0) is 29.8 Å². The van der Waals surface area contributed by atoms with E-state index in [2.05, 4.69) is 42.8 Å². The highest BCUT2D eigenvalue weighted by Crippen LogP contribution is 2.26. The first-order valence-corrected chi connectivity index (χ1v) is 8.02. The van der Waals surface area contributed by atoms with Gasteiger partial charge in [0.15, 0.2) is 0 Å². The highest BCUT2D eigenvalue weighted by atomic mass is 79.9. The normalized spacial score (nSPS) is 10.3. The Labute approximate surface area is 141 Å². The Morgan fingerprint density at radius 1 is 1.20 bits per heavy atom.